The molecule has 1 amide bonds. The Kier molecular flexibility index (Phi) is 6.68. The molecule has 1 heterocycles. The van der Waals surface area contributed by atoms with Crippen LogP contribution in [-0.2, 0) is 17.8 Å². The van der Waals surface area contributed by atoms with E-state index in [-0.39, 0.29) is 30.4 Å². The topological polar surface area (TPSA) is 32.8 Å². The lowest BCUT2D eigenvalue weighted by Crippen LogP contribution is -2.58. The van der Waals surface area contributed by atoms with Gasteiger partial charge in [0.25, 0.3) is 5.91 Å². The summed E-state index contributed by atoms with van der Waals surface area (Å²) in [6, 6.07) is 14.9. The highest BCUT2D eigenvalue weighted by molar-refractivity contribution is 5.78. The van der Waals surface area contributed by atoms with Gasteiger partial charge in [-0.05, 0) is 55.7 Å². The molecule has 2 atom stereocenters. The van der Waals surface area contributed by atoms with Gasteiger partial charge in [-0.3, -0.25) is 9.69 Å². The zero-order chi connectivity index (χ0) is 20.1. The van der Waals surface area contributed by atoms with Crippen LogP contribution in [0.15, 0.2) is 48.5 Å². The quantitative estimate of drug-likeness (QED) is 0.758. The number of amides is 1. The lowest BCUT2D eigenvalue weighted by Gasteiger charge is -2.44. The minimum atomic E-state index is -0.218. The van der Waals surface area contributed by atoms with E-state index in [0.717, 1.165) is 30.8 Å². The maximum Gasteiger partial charge on any atom is 0.260 e. The van der Waals surface area contributed by atoms with Crippen LogP contribution in [0.1, 0.15) is 31.9 Å². The fourth-order valence-electron chi connectivity index (χ4n) is 3.67. The Balaban J connectivity index is 1.55. The van der Waals surface area contributed by atoms with E-state index in [4.69, 9.17) is 4.74 Å². The van der Waals surface area contributed by atoms with Crippen LogP contribution in [0.2, 0.25) is 0 Å². The summed E-state index contributed by atoms with van der Waals surface area (Å²) in [4.78, 5) is 17.0. The molecule has 0 aromatic heterocycles. The number of carbonyl (C=O) groups excluding carboxylic acids is 1. The predicted octanol–water partition coefficient (Wildman–Crippen LogP) is 3.89. The monoisotopic (exact) mass is 384 g/mol. The van der Waals surface area contributed by atoms with Crippen LogP contribution < -0.4 is 4.74 Å². The highest BCUT2D eigenvalue weighted by atomic mass is 19.1. The van der Waals surface area contributed by atoms with E-state index in [9.17, 15) is 9.18 Å². The lowest BCUT2D eigenvalue weighted by molar-refractivity contribution is -0.139. The Morgan fingerprint density at radius 2 is 1.82 bits per heavy atom. The second kappa shape index (κ2) is 9.20. The van der Waals surface area contributed by atoms with E-state index >= 15 is 0 Å². The van der Waals surface area contributed by atoms with Crippen molar-refractivity contribution < 1.29 is 13.9 Å². The number of aryl methyl sites for hydroxylation is 1. The molecule has 0 radical (unpaired) electrons. The first-order chi connectivity index (χ1) is 13.5. The molecule has 0 spiro atoms. The smallest absolute Gasteiger partial charge is 0.260 e. The highest BCUT2D eigenvalue weighted by Gasteiger charge is 2.32. The Morgan fingerprint density at radius 1 is 1.07 bits per heavy atom. The molecule has 1 aliphatic rings. The zero-order valence-electron chi connectivity index (χ0n) is 16.9. The van der Waals surface area contributed by atoms with Crippen LogP contribution in [0.4, 0.5) is 4.39 Å². The Bertz CT molecular complexity index is 793. The summed E-state index contributed by atoms with van der Waals surface area (Å²) in [6.07, 6.45) is 0.940. The molecule has 2 aromatic carbocycles. The first-order valence-corrected chi connectivity index (χ1v) is 9.96. The van der Waals surface area contributed by atoms with Crippen molar-refractivity contribution in [2.24, 2.45) is 0 Å². The molecule has 2 unspecified atom stereocenters. The van der Waals surface area contributed by atoms with Crippen molar-refractivity contribution in [3.05, 3.63) is 65.5 Å². The van der Waals surface area contributed by atoms with Crippen molar-refractivity contribution in [1.82, 2.24) is 9.80 Å². The number of piperazine rings is 1. The van der Waals surface area contributed by atoms with Crippen molar-refractivity contribution >= 4 is 5.91 Å². The standard InChI is InChI=1S/C23H29FN2O2/c1-4-19-6-5-7-22(12-19)28-16-23(27)26-14-17(2)25(13-18(26)3)15-20-8-10-21(24)11-9-20/h5-12,17-18H,4,13-16H2,1-3H3. The van der Waals surface area contributed by atoms with Gasteiger partial charge in [-0.2, -0.15) is 0 Å². The summed E-state index contributed by atoms with van der Waals surface area (Å²) < 4.78 is 18.9. The van der Waals surface area contributed by atoms with E-state index in [2.05, 4.69) is 31.7 Å². The normalized spacial score (nSPS) is 20.2. The van der Waals surface area contributed by atoms with Gasteiger partial charge in [-0.25, -0.2) is 4.39 Å². The van der Waals surface area contributed by atoms with Crippen LogP contribution in [-0.4, -0.2) is 47.5 Å². The summed E-state index contributed by atoms with van der Waals surface area (Å²) in [5.41, 5.74) is 2.28. The van der Waals surface area contributed by atoms with Gasteiger partial charge in [0.05, 0.1) is 0 Å². The molecule has 2 aromatic rings. The van der Waals surface area contributed by atoms with Crippen molar-refractivity contribution in [3.63, 3.8) is 0 Å². The van der Waals surface area contributed by atoms with Crippen LogP contribution in [0, 0.1) is 5.82 Å². The first-order valence-electron chi connectivity index (χ1n) is 9.96. The summed E-state index contributed by atoms with van der Waals surface area (Å²) in [6.45, 7) is 8.56. The molecule has 0 bridgehead atoms. The van der Waals surface area contributed by atoms with Crippen LogP contribution in [0.5, 0.6) is 5.75 Å². The fraction of sp³-hybridized carbons (Fsp3) is 0.435. The summed E-state index contributed by atoms with van der Waals surface area (Å²) in [5.74, 6) is 0.538. The van der Waals surface area contributed by atoms with Crippen LogP contribution >= 0.6 is 0 Å². The molecule has 150 valence electrons. The first kappa shape index (κ1) is 20.3. The van der Waals surface area contributed by atoms with E-state index in [1.54, 1.807) is 0 Å². The average molecular weight is 384 g/mol. The number of carbonyl (C=O) groups is 1. The molecule has 1 saturated heterocycles. The van der Waals surface area contributed by atoms with Gasteiger partial charge < -0.3 is 9.64 Å². The molecule has 28 heavy (non-hydrogen) atoms. The predicted molar refractivity (Wildman–Crippen MR) is 109 cm³/mol. The van der Waals surface area contributed by atoms with Gasteiger partial charge in [-0.1, -0.05) is 31.2 Å². The maximum absolute atomic E-state index is 13.1. The number of ether oxygens (including phenoxy) is 1. The highest BCUT2D eigenvalue weighted by Crippen LogP contribution is 2.19. The molecule has 1 fully saturated rings. The largest absolute Gasteiger partial charge is 0.484 e. The molecule has 1 aliphatic heterocycles. The van der Waals surface area contributed by atoms with Crippen molar-refractivity contribution in [2.45, 2.75) is 45.8 Å². The summed E-state index contributed by atoms with van der Waals surface area (Å²) in [5, 5.41) is 0. The fourth-order valence-corrected chi connectivity index (χ4v) is 3.67. The van der Waals surface area contributed by atoms with E-state index in [1.807, 2.05) is 35.2 Å². The van der Waals surface area contributed by atoms with Gasteiger partial charge in [0.2, 0.25) is 0 Å². The molecular weight excluding hydrogens is 355 g/mol. The molecule has 3 rings (SSSR count). The Labute approximate surface area is 166 Å². The Hall–Kier alpha value is -2.40. The van der Waals surface area contributed by atoms with Gasteiger partial charge in [0, 0.05) is 31.7 Å². The van der Waals surface area contributed by atoms with E-state index in [0.29, 0.717) is 6.54 Å². The summed E-state index contributed by atoms with van der Waals surface area (Å²) >= 11 is 0. The average Bonchev–Trinajstić information content (AvgIpc) is 2.70. The van der Waals surface area contributed by atoms with Crippen molar-refractivity contribution in [1.29, 1.82) is 0 Å². The number of halogens is 1. The number of rotatable bonds is 6. The third-order valence-corrected chi connectivity index (χ3v) is 5.40. The SMILES string of the molecule is CCc1cccc(OCC(=O)N2CC(C)N(Cc3ccc(F)cc3)CC2C)c1. The number of benzene rings is 2. The molecule has 0 N–H and O–H groups in total. The number of nitrogens with zero attached hydrogens (tertiary/aromatic N) is 2. The second-order valence-corrected chi connectivity index (χ2v) is 7.59. The zero-order valence-corrected chi connectivity index (χ0v) is 16.9. The van der Waals surface area contributed by atoms with E-state index < -0.39 is 0 Å². The third-order valence-electron chi connectivity index (χ3n) is 5.40. The summed E-state index contributed by atoms with van der Waals surface area (Å²) in [7, 11) is 0. The van der Waals surface area contributed by atoms with Gasteiger partial charge in [-0.15, -0.1) is 0 Å². The molecule has 0 saturated carbocycles. The minimum Gasteiger partial charge on any atom is -0.484 e. The molecule has 0 aliphatic carbocycles. The van der Waals surface area contributed by atoms with Crippen LogP contribution in [0.3, 0.4) is 0 Å². The van der Waals surface area contributed by atoms with E-state index in [1.165, 1.54) is 17.7 Å². The second-order valence-electron chi connectivity index (χ2n) is 7.59. The third kappa shape index (κ3) is 5.10. The van der Waals surface area contributed by atoms with Crippen molar-refractivity contribution in [2.75, 3.05) is 19.7 Å². The van der Waals surface area contributed by atoms with Crippen LogP contribution in [0.25, 0.3) is 0 Å². The van der Waals surface area contributed by atoms with Gasteiger partial charge in [0.1, 0.15) is 11.6 Å². The minimum absolute atomic E-state index is 0.0164. The molecule has 4 nitrogen and oxygen atoms in total. The Morgan fingerprint density at radius 3 is 2.54 bits per heavy atom. The van der Waals surface area contributed by atoms with Gasteiger partial charge in [0.15, 0.2) is 6.61 Å². The lowest BCUT2D eigenvalue weighted by atomic mass is 10.1. The maximum atomic E-state index is 13.1. The number of hydrogen-bond acceptors (Lipinski definition) is 3. The molecular formula is C23H29FN2O2. The number of hydrogen-bond donors (Lipinski definition) is 0. The molecule has 5 heteroatoms. The van der Waals surface area contributed by atoms with Gasteiger partial charge >= 0.3 is 0 Å². The van der Waals surface area contributed by atoms with Crippen molar-refractivity contribution in [3.8, 4) is 5.75 Å².